The van der Waals surface area contributed by atoms with E-state index < -0.39 is 21.9 Å². The highest BCUT2D eigenvalue weighted by molar-refractivity contribution is 7.85. The van der Waals surface area contributed by atoms with Crippen LogP contribution in [0.2, 0.25) is 0 Å². The molecule has 0 aliphatic rings. The van der Waals surface area contributed by atoms with Gasteiger partial charge in [0.25, 0.3) is 10.1 Å². The van der Waals surface area contributed by atoms with Gasteiger partial charge in [-0.2, -0.15) is 8.42 Å². The second kappa shape index (κ2) is 7.75. The van der Waals surface area contributed by atoms with Gasteiger partial charge in [-0.05, 0) is 18.2 Å². The fraction of sp³-hybridized carbons (Fsp3) is 0.300. The van der Waals surface area contributed by atoms with E-state index in [9.17, 15) is 17.6 Å². The molecule has 0 unspecified atom stereocenters. The van der Waals surface area contributed by atoms with Gasteiger partial charge in [0.1, 0.15) is 12.4 Å². The van der Waals surface area contributed by atoms with Crippen molar-refractivity contribution in [1.29, 1.82) is 0 Å². The van der Waals surface area contributed by atoms with Crippen molar-refractivity contribution in [2.24, 2.45) is 0 Å². The highest BCUT2D eigenvalue weighted by Crippen LogP contribution is 2.04. The van der Waals surface area contributed by atoms with Gasteiger partial charge in [-0.15, -0.1) is 0 Å². The van der Waals surface area contributed by atoms with Crippen molar-refractivity contribution in [2.75, 3.05) is 19.5 Å². The van der Waals surface area contributed by atoms with Gasteiger partial charge in [0.2, 0.25) is 0 Å². The van der Waals surface area contributed by atoms with E-state index in [-0.39, 0.29) is 18.8 Å². The lowest BCUT2D eigenvalue weighted by Crippen LogP contribution is -2.08. The Morgan fingerprint density at radius 1 is 1.44 bits per heavy atom. The molecular weight excluding hydrogens is 267 g/mol. The van der Waals surface area contributed by atoms with Crippen molar-refractivity contribution < 1.29 is 32.0 Å². The van der Waals surface area contributed by atoms with Crippen LogP contribution in [0.5, 0.6) is 0 Å². The Kier molecular flexibility index (Phi) is 7.10. The second-order valence-electron chi connectivity index (χ2n) is 3.10. The van der Waals surface area contributed by atoms with Gasteiger partial charge >= 0.3 is 5.97 Å². The van der Waals surface area contributed by atoms with E-state index in [1.165, 1.54) is 18.2 Å². The third-order valence-corrected chi connectivity index (χ3v) is 1.38. The molecule has 0 fully saturated rings. The van der Waals surface area contributed by atoms with E-state index in [0.29, 0.717) is 6.26 Å². The van der Waals surface area contributed by atoms with E-state index in [2.05, 4.69) is 4.74 Å². The van der Waals surface area contributed by atoms with E-state index in [4.69, 9.17) is 9.66 Å². The lowest BCUT2D eigenvalue weighted by molar-refractivity contribution is 0.0433. The summed E-state index contributed by atoms with van der Waals surface area (Å²) in [7, 11) is -3.67. The summed E-state index contributed by atoms with van der Waals surface area (Å²) in [6.45, 7) is -0.309. The number of benzene rings is 1. The average molecular weight is 280 g/mol. The molecule has 102 valence electrons. The molecule has 0 aliphatic heterocycles. The van der Waals surface area contributed by atoms with Crippen LogP contribution < -0.4 is 0 Å². The largest absolute Gasteiger partial charge is 0.460 e. The number of hydrogen-bond acceptors (Lipinski definition) is 5. The topological polar surface area (TPSA) is 101 Å². The highest BCUT2D eigenvalue weighted by atomic mass is 32.2. The summed E-state index contributed by atoms with van der Waals surface area (Å²) in [6.07, 6.45) is 0.715. The first-order valence-corrected chi connectivity index (χ1v) is 6.55. The van der Waals surface area contributed by atoms with E-state index in [1.54, 1.807) is 0 Å². The number of aliphatic hydroxyl groups excluding tert-OH is 1. The summed E-state index contributed by atoms with van der Waals surface area (Å²) in [4.78, 5) is 11.1. The molecule has 18 heavy (non-hydrogen) atoms. The molecule has 0 heterocycles. The van der Waals surface area contributed by atoms with Crippen LogP contribution in [0.1, 0.15) is 10.4 Å². The molecule has 0 amide bonds. The van der Waals surface area contributed by atoms with Crippen LogP contribution in [0.3, 0.4) is 0 Å². The number of halogens is 1. The Balaban J connectivity index is 0.000000494. The van der Waals surface area contributed by atoms with Crippen LogP contribution in [0.15, 0.2) is 24.3 Å². The summed E-state index contributed by atoms with van der Waals surface area (Å²) < 4.78 is 43.0. The first kappa shape index (κ1) is 16.5. The summed E-state index contributed by atoms with van der Waals surface area (Å²) in [6, 6.07) is 5.19. The fourth-order valence-corrected chi connectivity index (χ4v) is 0.837. The monoisotopic (exact) mass is 280 g/mol. The summed E-state index contributed by atoms with van der Waals surface area (Å²) in [5.74, 6) is -1.12. The van der Waals surface area contributed by atoms with Crippen LogP contribution >= 0.6 is 0 Å². The maximum Gasteiger partial charge on any atom is 0.338 e. The molecule has 6 nitrogen and oxygen atoms in total. The first-order valence-electron chi connectivity index (χ1n) is 4.70. The molecule has 0 saturated carbocycles. The molecule has 0 atom stereocenters. The predicted molar refractivity (Wildman–Crippen MR) is 61.2 cm³/mol. The zero-order valence-electron chi connectivity index (χ0n) is 9.54. The van der Waals surface area contributed by atoms with Gasteiger partial charge < -0.3 is 9.84 Å². The zero-order valence-corrected chi connectivity index (χ0v) is 10.4. The van der Waals surface area contributed by atoms with Crippen LogP contribution in [-0.2, 0) is 14.9 Å². The average Bonchev–Trinajstić information content (AvgIpc) is 2.23. The molecule has 1 aromatic carbocycles. The van der Waals surface area contributed by atoms with Crippen molar-refractivity contribution in [1.82, 2.24) is 0 Å². The van der Waals surface area contributed by atoms with Crippen molar-refractivity contribution >= 4 is 16.1 Å². The molecule has 0 aliphatic carbocycles. The Labute approximate surface area is 104 Å². The lowest BCUT2D eigenvalue weighted by Gasteiger charge is -2.01. The summed E-state index contributed by atoms with van der Waals surface area (Å²) in [5.41, 5.74) is 0.147. The van der Waals surface area contributed by atoms with Crippen LogP contribution in [0.4, 0.5) is 4.39 Å². The number of esters is 1. The first-order chi connectivity index (χ1) is 8.24. The normalized spacial score (nSPS) is 10.2. The molecule has 1 rings (SSSR count). The molecule has 0 aromatic heterocycles. The summed E-state index contributed by atoms with van der Waals surface area (Å²) in [5, 5.41) is 8.37. The standard InChI is InChI=1S/C9H9FO3.CH4O3S/c10-8-3-1-2-7(6-8)9(12)13-5-4-11;1-5(2,3)4/h1-3,6,11H,4-5H2;1H3,(H,2,3,4). The number of carbonyl (C=O) groups is 1. The van der Waals surface area contributed by atoms with E-state index in [0.717, 1.165) is 6.07 Å². The Bertz CT molecular complexity index is 477. The predicted octanol–water partition coefficient (Wildman–Crippen LogP) is 0.479. The Hall–Kier alpha value is -1.51. The van der Waals surface area contributed by atoms with Gasteiger partial charge in [0.15, 0.2) is 0 Å². The molecule has 0 bridgehead atoms. The minimum atomic E-state index is -3.67. The Morgan fingerprint density at radius 3 is 2.44 bits per heavy atom. The van der Waals surface area contributed by atoms with E-state index in [1.807, 2.05) is 0 Å². The van der Waals surface area contributed by atoms with Crippen molar-refractivity contribution in [3.8, 4) is 0 Å². The fourth-order valence-electron chi connectivity index (χ4n) is 0.837. The number of carbonyl (C=O) groups excluding carboxylic acids is 1. The SMILES string of the molecule is CS(=O)(=O)O.O=C(OCCO)c1cccc(F)c1. The smallest absolute Gasteiger partial charge is 0.338 e. The second-order valence-corrected chi connectivity index (χ2v) is 4.57. The maximum atomic E-state index is 12.6. The number of hydrogen-bond donors (Lipinski definition) is 2. The van der Waals surface area contributed by atoms with Gasteiger partial charge in [-0.3, -0.25) is 4.55 Å². The Morgan fingerprint density at radius 2 is 2.00 bits per heavy atom. The zero-order chi connectivity index (χ0) is 14.2. The molecule has 8 heteroatoms. The lowest BCUT2D eigenvalue weighted by atomic mass is 10.2. The van der Waals surface area contributed by atoms with Crippen LogP contribution in [-0.4, -0.2) is 43.5 Å². The molecule has 0 saturated heterocycles. The van der Waals surface area contributed by atoms with Crippen molar-refractivity contribution in [2.45, 2.75) is 0 Å². The van der Waals surface area contributed by atoms with E-state index >= 15 is 0 Å². The van der Waals surface area contributed by atoms with Gasteiger partial charge in [-0.25, -0.2) is 9.18 Å². The molecule has 0 spiro atoms. The minimum Gasteiger partial charge on any atom is -0.460 e. The van der Waals surface area contributed by atoms with Crippen molar-refractivity contribution in [3.63, 3.8) is 0 Å². The van der Waals surface area contributed by atoms with Gasteiger partial charge in [-0.1, -0.05) is 6.07 Å². The van der Waals surface area contributed by atoms with Crippen LogP contribution in [0, 0.1) is 5.82 Å². The molecular formula is C10H13FO6S. The third-order valence-electron chi connectivity index (χ3n) is 1.38. The number of aliphatic hydroxyl groups is 1. The number of rotatable bonds is 3. The third kappa shape index (κ3) is 9.70. The van der Waals surface area contributed by atoms with Gasteiger partial charge in [0, 0.05) is 0 Å². The molecule has 0 radical (unpaired) electrons. The van der Waals surface area contributed by atoms with Crippen LogP contribution in [0.25, 0.3) is 0 Å². The maximum absolute atomic E-state index is 12.6. The summed E-state index contributed by atoms with van der Waals surface area (Å²) >= 11 is 0. The quantitative estimate of drug-likeness (QED) is 0.617. The molecule has 2 N–H and O–H groups in total. The van der Waals surface area contributed by atoms with Gasteiger partial charge in [0.05, 0.1) is 18.4 Å². The van der Waals surface area contributed by atoms with Crippen molar-refractivity contribution in [3.05, 3.63) is 35.6 Å². The minimum absolute atomic E-state index is 0.0741. The number of ether oxygens (including phenoxy) is 1. The highest BCUT2D eigenvalue weighted by Gasteiger charge is 2.06. The molecule has 1 aromatic rings.